The zero-order valence-corrected chi connectivity index (χ0v) is 10.5. The number of amides is 1. The lowest BCUT2D eigenvalue weighted by Gasteiger charge is -2.09. The Morgan fingerprint density at radius 3 is 2.84 bits per heavy atom. The van der Waals surface area contributed by atoms with Crippen LogP contribution < -0.4 is 16.9 Å². The molecule has 98 valence electrons. The Bertz CT molecular complexity index is 636. The average Bonchev–Trinajstić information content (AvgIpc) is 2.37. The van der Waals surface area contributed by atoms with Crippen molar-refractivity contribution in [2.45, 2.75) is 0 Å². The van der Waals surface area contributed by atoms with Gasteiger partial charge >= 0.3 is 0 Å². The molecule has 6 nitrogen and oxygen atoms in total. The van der Waals surface area contributed by atoms with Crippen molar-refractivity contribution in [1.82, 2.24) is 9.99 Å². The zero-order chi connectivity index (χ0) is 13.8. The molecule has 0 aliphatic rings. The minimum atomic E-state index is 0.498. The number of anilines is 1. The van der Waals surface area contributed by atoms with E-state index in [-0.39, 0.29) is 0 Å². The summed E-state index contributed by atoms with van der Waals surface area (Å²) in [5.41, 5.74) is 7.35. The van der Waals surface area contributed by atoms with Crippen molar-refractivity contribution >= 4 is 28.7 Å². The molecule has 1 aromatic carbocycles. The summed E-state index contributed by atoms with van der Waals surface area (Å²) < 4.78 is 0. The second-order valence-corrected chi connectivity index (χ2v) is 4.14. The maximum atomic E-state index is 10.4. The number of nitrogens with zero attached hydrogens (tertiary/aromatic N) is 2. The molecule has 0 bridgehead atoms. The van der Waals surface area contributed by atoms with Crippen molar-refractivity contribution in [3.63, 3.8) is 0 Å². The number of hydrogen-bond acceptors (Lipinski definition) is 5. The SMILES string of the molecule is CN(N)/C=C(\N)c1ccc2cnc(NC=O)cc2c1. The Hall–Kier alpha value is -2.60. The molecule has 0 spiro atoms. The Balaban J connectivity index is 2.46. The fraction of sp³-hybridized carbons (Fsp3) is 0.0769. The summed E-state index contributed by atoms with van der Waals surface area (Å²) in [6.45, 7) is 0. The van der Waals surface area contributed by atoms with Crippen molar-refractivity contribution in [3.05, 3.63) is 42.2 Å². The lowest BCUT2D eigenvalue weighted by Crippen LogP contribution is -2.20. The van der Waals surface area contributed by atoms with Crippen LogP contribution in [-0.4, -0.2) is 23.5 Å². The number of hydrogen-bond donors (Lipinski definition) is 3. The summed E-state index contributed by atoms with van der Waals surface area (Å²) in [7, 11) is 1.70. The molecule has 0 saturated carbocycles. The Morgan fingerprint density at radius 1 is 1.37 bits per heavy atom. The number of rotatable bonds is 4. The van der Waals surface area contributed by atoms with E-state index in [0.717, 1.165) is 16.3 Å². The lowest BCUT2D eigenvalue weighted by atomic mass is 10.1. The number of fused-ring (bicyclic) bond motifs is 1. The molecule has 1 amide bonds. The maximum Gasteiger partial charge on any atom is 0.212 e. The summed E-state index contributed by atoms with van der Waals surface area (Å²) in [6.07, 6.45) is 3.92. The van der Waals surface area contributed by atoms with E-state index in [1.807, 2.05) is 18.2 Å². The second-order valence-electron chi connectivity index (χ2n) is 4.14. The minimum Gasteiger partial charge on any atom is -0.397 e. The van der Waals surface area contributed by atoms with Gasteiger partial charge in [0, 0.05) is 24.8 Å². The third kappa shape index (κ3) is 2.99. The number of carbonyl (C=O) groups is 1. The molecule has 0 fully saturated rings. The molecule has 2 rings (SSSR count). The molecule has 1 heterocycles. The van der Waals surface area contributed by atoms with Gasteiger partial charge in [-0.1, -0.05) is 12.1 Å². The molecule has 6 heteroatoms. The molecule has 2 aromatic rings. The molecule has 0 radical (unpaired) electrons. The van der Waals surface area contributed by atoms with E-state index in [1.54, 1.807) is 25.5 Å². The summed E-state index contributed by atoms with van der Waals surface area (Å²) in [5.74, 6) is 6.02. The van der Waals surface area contributed by atoms with E-state index in [0.29, 0.717) is 17.9 Å². The highest BCUT2D eigenvalue weighted by atomic mass is 16.1. The number of aromatic nitrogens is 1. The van der Waals surface area contributed by atoms with Crippen LogP contribution in [0, 0.1) is 0 Å². The summed E-state index contributed by atoms with van der Waals surface area (Å²) in [6, 6.07) is 7.51. The van der Waals surface area contributed by atoms with E-state index < -0.39 is 0 Å². The molecule has 0 atom stereocenters. The van der Waals surface area contributed by atoms with Crippen molar-refractivity contribution < 1.29 is 4.79 Å². The maximum absolute atomic E-state index is 10.4. The van der Waals surface area contributed by atoms with Crippen LogP contribution in [0.3, 0.4) is 0 Å². The fourth-order valence-electron chi connectivity index (χ4n) is 1.75. The molecule has 0 aliphatic carbocycles. The van der Waals surface area contributed by atoms with Crippen molar-refractivity contribution in [1.29, 1.82) is 0 Å². The number of nitrogens with two attached hydrogens (primary N) is 2. The standard InChI is InChI=1S/C13H15N5O/c1-18(15)7-12(14)9-2-3-10-6-16-13(17-8-19)5-11(10)4-9/h2-8H,14-15H2,1H3,(H,16,17,19)/b12-7-. The topological polar surface area (TPSA) is 97.3 Å². The fourth-order valence-corrected chi connectivity index (χ4v) is 1.75. The van der Waals surface area contributed by atoms with Crippen LogP contribution >= 0.6 is 0 Å². The van der Waals surface area contributed by atoms with E-state index >= 15 is 0 Å². The van der Waals surface area contributed by atoms with Gasteiger partial charge in [-0.2, -0.15) is 0 Å². The van der Waals surface area contributed by atoms with Gasteiger partial charge < -0.3 is 16.1 Å². The van der Waals surface area contributed by atoms with Gasteiger partial charge in [-0.3, -0.25) is 4.79 Å². The molecule has 1 aromatic heterocycles. The average molecular weight is 257 g/mol. The zero-order valence-electron chi connectivity index (χ0n) is 10.5. The third-order valence-electron chi connectivity index (χ3n) is 2.60. The number of hydrazine groups is 1. The van der Waals surface area contributed by atoms with Gasteiger partial charge in [-0.15, -0.1) is 0 Å². The van der Waals surface area contributed by atoms with Crippen molar-refractivity contribution in [3.8, 4) is 0 Å². The van der Waals surface area contributed by atoms with Gasteiger partial charge in [0.15, 0.2) is 0 Å². The second kappa shape index (κ2) is 5.36. The molecule has 5 N–H and O–H groups in total. The predicted molar refractivity (Wildman–Crippen MR) is 75.5 cm³/mol. The monoisotopic (exact) mass is 257 g/mol. The van der Waals surface area contributed by atoms with Crippen LogP contribution in [0.2, 0.25) is 0 Å². The molecule has 0 unspecified atom stereocenters. The van der Waals surface area contributed by atoms with Crippen LogP contribution in [0.4, 0.5) is 5.82 Å². The largest absolute Gasteiger partial charge is 0.397 e. The highest BCUT2D eigenvalue weighted by Crippen LogP contribution is 2.20. The van der Waals surface area contributed by atoms with Crippen LogP contribution in [0.1, 0.15) is 5.56 Å². The quantitative estimate of drug-likeness (QED) is 0.429. The smallest absolute Gasteiger partial charge is 0.212 e. The Morgan fingerprint density at radius 2 is 2.16 bits per heavy atom. The molecule has 0 saturated heterocycles. The van der Waals surface area contributed by atoms with Crippen LogP contribution in [0.5, 0.6) is 0 Å². The summed E-state index contributed by atoms with van der Waals surface area (Å²) >= 11 is 0. The number of benzene rings is 1. The highest BCUT2D eigenvalue weighted by Gasteiger charge is 2.02. The van der Waals surface area contributed by atoms with E-state index in [4.69, 9.17) is 11.6 Å². The summed E-state index contributed by atoms with van der Waals surface area (Å²) in [4.78, 5) is 14.5. The molecular formula is C13H15N5O. The number of carbonyl (C=O) groups excluding carboxylic acids is 1. The van der Waals surface area contributed by atoms with Crippen molar-refractivity contribution in [2.75, 3.05) is 12.4 Å². The normalized spacial score (nSPS) is 11.4. The first kappa shape index (κ1) is 12.8. The van der Waals surface area contributed by atoms with Crippen LogP contribution in [-0.2, 0) is 4.79 Å². The lowest BCUT2D eigenvalue weighted by molar-refractivity contribution is -0.105. The Kier molecular flexibility index (Phi) is 3.63. The minimum absolute atomic E-state index is 0.498. The van der Waals surface area contributed by atoms with Crippen LogP contribution in [0.15, 0.2) is 36.7 Å². The number of pyridine rings is 1. The third-order valence-corrected chi connectivity index (χ3v) is 2.60. The Labute approximate surface area is 110 Å². The molecule has 0 aliphatic heterocycles. The van der Waals surface area contributed by atoms with Gasteiger partial charge in [-0.05, 0) is 23.1 Å². The van der Waals surface area contributed by atoms with Gasteiger partial charge in [0.2, 0.25) is 6.41 Å². The van der Waals surface area contributed by atoms with E-state index in [9.17, 15) is 4.79 Å². The molecular weight excluding hydrogens is 242 g/mol. The number of nitrogens with one attached hydrogen (secondary N) is 1. The van der Waals surface area contributed by atoms with Crippen LogP contribution in [0.25, 0.3) is 16.5 Å². The van der Waals surface area contributed by atoms with Gasteiger partial charge in [-0.25, -0.2) is 10.8 Å². The molecule has 19 heavy (non-hydrogen) atoms. The summed E-state index contributed by atoms with van der Waals surface area (Å²) in [5, 5.41) is 5.81. The van der Waals surface area contributed by atoms with E-state index in [2.05, 4.69) is 10.3 Å². The first-order valence-corrected chi connectivity index (χ1v) is 5.65. The van der Waals surface area contributed by atoms with Gasteiger partial charge in [0.25, 0.3) is 0 Å². The predicted octanol–water partition coefficient (Wildman–Crippen LogP) is 0.866. The first-order chi connectivity index (χ1) is 9.10. The van der Waals surface area contributed by atoms with Gasteiger partial charge in [0.05, 0.1) is 5.70 Å². The highest BCUT2D eigenvalue weighted by molar-refractivity contribution is 5.88. The van der Waals surface area contributed by atoms with Gasteiger partial charge in [0.1, 0.15) is 5.82 Å². The van der Waals surface area contributed by atoms with Crippen molar-refractivity contribution in [2.24, 2.45) is 11.6 Å². The first-order valence-electron chi connectivity index (χ1n) is 5.65. The van der Waals surface area contributed by atoms with E-state index in [1.165, 1.54) is 5.01 Å².